The minimum Gasteiger partial charge on any atom is -0.344 e. The van der Waals surface area contributed by atoms with E-state index in [4.69, 9.17) is 0 Å². The van der Waals surface area contributed by atoms with Crippen LogP contribution in [0.15, 0.2) is 102 Å². The van der Waals surface area contributed by atoms with Crippen LogP contribution in [0.4, 0.5) is 0 Å². The molecule has 6 nitrogen and oxygen atoms in total. The Kier molecular flexibility index (Phi) is 4.92. The zero-order valence-electron chi connectivity index (χ0n) is 19.0. The molecular weight excluding hydrogens is 436 g/mol. The minimum absolute atomic E-state index is 0.193. The first-order chi connectivity index (χ1) is 17.0. The van der Waals surface area contributed by atoms with Crippen LogP contribution in [0, 0.1) is 0 Å². The monoisotopic (exact) mass is 458 g/mol. The number of amides is 1. The van der Waals surface area contributed by atoms with E-state index >= 15 is 0 Å². The van der Waals surface area contributed by atoms with Crippen molar-refractivity contribution in [3.63, 3.8) is 0 Å². The van der Waals surface area contributed by atoms with Gasteiger partial charge in [-0.15, -0.1) is 0 Å². The Balaban J connectivity index is 1.29. The molecule has 6 aromatic rings. The van der Waals surface area contributed by atoms with Crippen molar-refractivity contribution in [3.8, 4) is 11.3 Å². The Hall–Kier alpha value is -4.71. The van der Waals surface area contributed by atoms with Crippen molar-refractivity contribution in [3.05, 3.63) is 119 Å². The van der Waals surface area contributed by atoms with E-state index < -0.39 is 0 Å². The fraction of sp³-hybridized carbons (Fsp3) is 0.0690. The molecule has 170 valence electrons. The van der Waals surface area contributed by atoms with Gasteiger partial charge in [0.05, 0.1) is 17.9 Å². The molecule has 0 unspecified atom stereocenters. The molecule has 35 heavy (non-hydrogen) atoms. The highest BCUT2D eigenvalue weighted by molar-refractivity contribution is 5.94. The largest absolute Gasteiger partial charge is 0.344 e. The van der Waals surface area contributed by atoms with Crippen LogP contribution < -0.4 is 10.9 Å². The SMILES string of the molecule is C[C@@H](NC(=O)c1cc2c(=O)[nH]c(-c3ccc4ccccc4c3)cn2n1)c1ccc2ccccc2c1. The summed E-state index contributed by atoms with van der Waals surface area (Å²) in [6.07, 6.45) is 1.74. The molecule has 0 fully saturated rings. The number of carbonyl (C=O) groups is 1. The summed E-state index contributed by atoms with van der Waals surface area (Å²) in [6, 6.07) is 29.6. The Morgan fingerprint density at radius 3 is 2.26 bits per heavy atom. The highest BCUT2D eigenvalue weighted by atomic mass is 16.2. The van der Waals surface area contributed by atoms with Crippen LogP contribution in [0.25, 0.3) is 38.3 Å². The van der Waals surface area contributed by atoms with Crippen LogP contribution in [-0.2, 0) is 0 Å². The molecule has 0 aliphatic rings. The smallest absolute Gasteiger partial charge is 0.274 e. The van der Waals surface area contributed by atoms with Gasteiger partial charge in [0.2, 0.25) is 0 Å². The summed E-state index contributed by atoms with van der Waals surface area (Å²) in [5.41, 5.74) is 2.71. The van der Waals surface area contributed by atoms with Crippen molar-refractivity contribution >= 4 is 33.0 Å². The van der Waals surface area contributed by atoms with Gasteiger partial charge in [0, 0.05) is 11.6 Å². The lowest BCUT2D eigenvalue weighted by Crippen LogP contribution is -2.27. The Morgan fingerprint density at radius 1 is 0.857 bits per heavy atom. The summed E-state index contributed by atoms with van der Waals surface area (Å²) in [5.74, 6) is -0.332. The van der Waals surface area contributed by atoms with E-state index in [1.54, 1.807) is 6.20 Å². The summed E-state index contributed by atoms with van der Waals surface area (Å²) in [5, 5.41) is 11.9. The molecule has 6 heteroatoms. The third-order valence-electron chi connectivity index (χ3n) is 6.38. The molecule has 0 saturated carbocycles. The minimum atomic E-state index is -0.332. The van der Waals surface area contributed by atoms with E-state index in [1.807, 2.05) is 73.7 Å². The van der Waals surface area contributed by atoms with Gasteiger partial charge < -0.3 is 10.3 Å². The van der Waals surface area contributed by atoms with Crippen molar-refractivity contribution < 1.29 is 4.79 Å². The predicted molar refractivity (Wildman–Crippen MR) is 139 cm³/mol. The summed E-state index contributed by atoms with van der Waals surface area (Å²) < 4.78 is 1.47. The first-order valence-corrected chi connectivity index (χ1v) is 11.5. The number of hydrogen-bond acceptors (Lipinski definition) is 3. The van der Waals surface area contributed by atoms with Crippen LogP contribution >= 0.6 is 0 Å². The third kappa shape index (κ3) is 3.85. The summed E-state index contributed by atoms with van der Waals surface area (Å²) in [4.78, 5) is 28.7. The predicted octanol–water partition coefficient (Wildman–Crippen LogP) is 5.49. The molecule has 2 N–H and O–H groups in total. The molecule has 1 atom stereocenters. The summed E-state index contributed by atoms with van der Waals surface area (Å²) in [6.45, 7) is 1.93. The van der Waals surface area contributed by atoms with Gasteiger partial charge in [-0.1, -0.05) is 72.8 Å². The maximum absolute atomic E-state index is 13.0. The fourth-order valence-corrected chi connectivity index (χ4v) is 4.45. The lowest BCUT2D eigenvalue weighted by molar-refractivity contribution is 0.0934. The number of aromatic amines is 1. The number of carbonyl (C=O) groups excluding carboxylic acids is 1. The number of benzene rings is 4. The highest BCUT2D eigenvalue weighted by Gasteiger charge is 2.17. The number of fused-ring (bicyclic) bond motifs is 3. The van der Waals surface area contributed by atoms with Crippen molar-refractivity contribution in [2.45, 2.75) is 13.0 Å². The van der Waals surface area contributed by atoms with E-state index in [0.717, 1.165) is 32.7 Å². The molecule has 0 spiro atoms. The first-order valence-electron chi connectivity index (χ1n) is 11.5. The lowest BCUT2D eigenvalue weighted by atomic mass is 10.0. The van der Waals surface area contributed by atoms with Crippen LogP contribution in [0.5, 0.6) is 0 Å². The first kappa shape index (κ1) is 20.9. The molecule has 1 amide bonds. The average molecular weight is 459 g/mol. The second kappa shape index (κ2) is 8.25. The molecule has 0 bridgehead atoms. The third-order valence-corrected chi connectivity index (χ3v) is 6.38. The molecule has 0 radical (unpaired) electrons. The maximum Gasteiger partial charge on any atom is 0.274 e. The van der Waals surface area contributed by atoms with Crippen LogP contribution in [0.2, 0.25) is 0 Å². The molecule has 0 aliphatic carbocycles. The van der Waals surface area contributed by atoms with Crippen LogP contribution in [0.3, 0.4) is 0 Å². The fourth-order valence-electron chi connectivity index (χ4n) is 4.45. The van der Waals surface area contributed by atoms with E-state index in [0.29, 0.717) is 11.2 Å². The van der Waals surface area contributed by atoms with Crippen molar-refractivity contribution in [1.29, 1.82) is 0 Å². The standard InChI is InChI=1S/C29H22N4O2/c1-18(21-12-10-19-6-2-4-8-22(19)14-21)30-28(34)25-16-27-29(35)31-26(17-33(27)32-25)24-13-11-20-7-3-5-9-23(20)15-24/h2-18H,1H3,(H,30,34)(H,31,35)/t18-/m1/s1. The quantitative estimate of drug-likeness (QED) is 0.367. The van der Waals surface area contributed by atoms with Crippen molar-refractivity contribution in [2.24, 2.45) is 0 Å². The molecule has 0 aliphatic heterocycles. The van der Waals surface area contributed by atoms with E-state index in [1.165, 1.54) is 10.6 Å². The van der Waals surface area contributed by atoms with Crippen molar-refractivity contribution in [2.75, 3.05) is 0 Å². The molecule has 2 heterocycles. The Bertz CT molecular complexity index is 1800. The van der Waals surface area contributed by atoms with E-state index in [2.05, 4.69) is 33.6 Å². The lowest BCUT2D eigenvalue weighted by Gasteiger charge is -2.14. The van der Waals surface area contributed by atoms with E-state index in [-0.39, 0.29) is 23.2 Å². The van der Waals surface area contributed by atoms with Gasteiger partial charge in [-0.25, -0.2) is 4.52 Å². The number of H-pyrrole nitrogens is 1. The number of aromatic nitrogens is 3. The molecule has 0 saturated heterocycles. The number of hydrogen-bond donors (Lipinski definition) is 2. The molecule has 2 aromatic heterocycles. The van der Waals surface area contributed by atoms with Gasteiger partial charge in [-0.05, 0) is 46.2 Å². The second-order valence-electron chi connectivity index (χ2n) is 8.72. The molecule has 6 rings (SSSR count). The molecule has 4 aromatic carbocycles. The average Bonchev–Trinajstić information content (AvgIpc) is 3.33. The van der Waals surface area contributed by atoms with Gasteiger partial charge >= 0.3 is 0 Å². The normalized spacial score (nSPS) is 12.3. The van der Waals surface area contributed by atoms with Crippen molar-refractivity contribution in [1.82, 2.24) is 19.9 Å². The van der Waals surface area contributed by atoms with Gasteiger partial charge in [-0.3, -0.25) is 9.59 Å². The zero-order valence-corrected chi connectivity index (χ0v) is 19.0. The topological polar surface area (TPSA) is 79.3 Å². The van der Waals surface area contributed by atoms with Gasteiger partial charge in [0.15, 0.2) is 5.69 Å². The Morgan fingerprint density at radius 2 is 1.51 bits per heavy atom. The van der Waals surface area contributed by atoms with Crippen LogP contribution in [-0.4, -0.2) is 20.5 Å². The number of nitrogens with one attached hydrogen (secondary N) is 2. The van der Waals surface area contributed by atoms with Crippen LogP contribution in [0.1, 0.15) is 29.0 Å². The maximum atomic E-state index is 13.0. The van der Waals surface area contributed by atoms with Gasteiger partial charge in [-0.2, -0.15) is 5.10 Å². The number of rotatable bonds is 4. The summed E-state index contributed by atoms with van der Waals surface area (Å²) >= 11 is 0. The summed E-state index contributed by atoms with van der Waals surface area (Å²) in [7, 11) is 0. The highest BCUT2D eigenvalue weighted by Crippen LogP contribution is 2.23. The van der Waals surface area contributed by atoms with E-state index in [9.17, 15) is 9.59 Å². The number of nitrogens with zero attached hydrogens (tertiary/aromatic N) is 2. The van der Waals surface area contributed by atoms with Gasteiger partial charge in [0.25, 0.3) is 11.5 Å². The zero-order chi connectivity index (χ0) is 23.9. The molecular formula is C29H22N4O2. The Labute approximate surface area is 200 Å². The van der Waals surface area contributed by atoms with Gasteiger partial charge in [0.1, 0.15) is 5.52 Å². The second-order valence-corrected chi connectivity index (χ2v) is 8.72.